The third kappa shape index (κ3) is 2.45. The summed E-state index contributed by atoms with van der Waals surface area (Å²) in [5, 5.41) is 12.1. The molecule has 5 heteroatoms. The van der Waals surface area contributed by atoms with Gasteiger partial charge in [0.2, 0.25) is 5.91 Å². The predicted molar refractivity (Wildman–Crippen MR) is 76.9 cm³/mol. The van der Waals surface area contributed by atoms with Gasteiger partial charge in [0.15, 0.2) is 0 Å². The summed E-state index contributed by atoms with van der Waals surface area (Å²) in [5.74, 6) is -2.78. The molecule has 110 valence electrons. The largest absolute Gasteiger partial charge is 0.481 e. The predicted octanol–water partition coefficient (Wildman–Crippen LogP) is 1.84. The number of aryl methyl sites for hydroxylation is 1. The molecule has 1 saturated heterocycles. The molecule has 1 fully saturated rings. The molecule has 2 N–H and O–H groups in total. The molecule has 0 unspecified atom stereocenters. The Hall–Kier alpha value is -2.14. The summed E-state index contributed by atoms with van der Waals surface area (Å²) in [6.45, 7) is 2.06. The van der Waals surface area contributed by atoms with Crippen molar-refractivity contribution in [2.75, 3.05) is 5.32 Å². The van der Waals surface area contributed by atoms with E-state index >= 15 is 0 Å². The second-order valence-electron chi connectivity index (χ2n) is 5.38. The SMILES string of the molecule is CCc1ccc(NC(=O)[C@@H]2[C@H](C(=O)O)[C@H]3C=C[C@H]2O3)cc1. The molecule has 21 heavy (non-hydrogen) atoms. The third-order valence-electron chi connectivity index (χ3n) is 4.12. The number of anilines is 1. The van der Waals surface area contributed by atoms with Gasteiger partial charge in [-0.25, -0.2) is 0 Å². The zero-order valence-electron chi connectivity index (χ0n) is 11.7. The number of carboxylic acids is 1. The first-order chi connectivity index (χ1) is 10.1. The summed E-state index contributed by atoms with van der Waals surface area (Å²) in [4.78, 5) is 23.7. The van der Waals surface area contributed by atoms with E-state index in [1.165, 1.54) is 5.56 Å². The molecule has 1 aromatic carbocycles. The molecule has 5 nitrogen and oxygen atoms in total. The number of amides is 1. The van der Waals surface area contributed by atoms with E-state index in [1.54, 1.807) is 12.2 Å². The van der Waals surface area contributed by atoms with Gasteiger partial charge in [-0.3, -0.25) is 9.59 Å². The number of carbonyl (C=O) groups is 2. The average molecular weight is 287 g/mol. The van der Waals surface area contributed by atoms with Crippen molar-refractivity contribution < 1.29 is 19.4 Å². The van der Waals surface area contributed by atoms with Crippen molar-refractivity contribution in [2.24, 2.45) is 11.8 Å². The van der Waals surface area contributed by atoms with E-state index in [1.807, 2.05) is 24.3 Å². The first-order valence-corrected chi connectivity index (χ1v) is 7.06. The molecular weight excluding hydrogens is 270 g/mol. The lowest BCUT2D eigenvalue weighted by Crippen LogP contribution is -2.39. The van der Waals surface area contributed by atoms with E-state index in [-0.39, 0.29) is 5.91 Å². The lowest BCUT2D eigenvalue weighted by Gasteiger charge is -2.21. The lowest BCUT2D eigenvalue weighted by atomic mass is 9.82. The van der Waals surface area contributed by atoms with Crippen molar-refractivity contribution in [3.05, 3.63) is 42.0 Å². The van der Waals surface area contributed by atoms with Crippen molar-refractivity contribution >= 4 is 17.6 Å². The lowest BCUT2D eigenvalue weighted by molar-refractivity contribution is -0.145. The van der Waals surface area contributed by atoms with Gasteiger partial charge >= 0.3 is 5.97 Å². The van der Waals surface area contributed by atoms with Crippen LogP contribution in [0.1, 0.15) is 12.5 Å². The number of rotatable bonds is 4. The molecule has 1 aromatic rings. The molecule has 2 heterocycles. The number of hydrogen-bond donors (Lipinski definition) is 2. The van der Waals surface area contributed by atoms with Crippen LogP contribution in [0.3, 0.4) is 0 Å². The Balaban J connectivity index is 1.75. The van der Waals surface area contributed by atoms with E-state index in [9.17, 15) is 14.7 Å². The fraction of sp³-hybridized carbons (Fsp3) is 0.375. The molecule has 2 aliphatic heterocycles. The van der Waals surface area contributed by atoms with Crippen LogP contribution in [0.25, 0.3) is 0 Å². The monoisotopic (exact) mass is 287 g/mol. The van der Waals surface area contributed by atoms with E-state index in [0.717, 1.165) is 6.42 Å². The van der Waals surface area contributed by atoms with Gasteiger partial charge in [-0.1, -0.05) is 31.2 Å². The van der Waals surface area contributed by atoms with Crippen molar-refractivity contribution in [1.82, 2.24) is 0 Å². The number of benzene rings is 1. The van der Waals surface area contributed by atoms with Crippen LogP contribution in [0.4, 0.5) is 5.69 Å². The summed E-state index contributed by atoms with van der Waals surface area (Å²) in [5.41, 5.74) is 1.86. The number of hydrogen-bond acceptors (Lipinski definition) is 3. The molecule has 0 aliphatic carbocycles. The number of ether oxygens (including phenoxy) is 1. The number of carbonyl (C=O) groups excluding carboxylic acids is 1. The Bertz CT molecular complexity index is 593. The number of carboxylic acid groups (broad SMARTS) is 1. The van der Waals surface area contributed by atoms with Gasteiger partial charge in [-0.05, 0) is 24.1 Å². The Morgan fingerprint density at radius 1 is 1.14 bits per heavy atom. The normalized spacial score (nSPS) is 29.6. The highest BCUT2D eigenvalue weighted by Crippen LogP contribution is 2.39. The fourth-order valence-corrected chi connectivity index (χ4v) is 2.96. The van der Waals surface area contributed by atoms with Gasteiger partial charge in [0.25, 0.3) is 0 Å². The maximum absolute atomic E-state index is 12.4. The van der Waals surface area contributed by atoms with Gasteiger partial charge in [-0.2, -0.15) is 0 Å². The quantitative estimate of drug-likeness (QED) is 0.829. The summed E-state index contributed by atoms with van der Waals surface area (Å²) < 4.78 is 5.50. The molecule has 0 aromatic heterocycles. The Kier molecular flexibility index (Phi) is 3.51. The Morgan fingerprint density at radius 2 is 1.76 bits per heavy atom. The first-order valence-electron chi connectivity index (χ1n) is 7.06. The minimum atomic E-state index is -0.992. The number of aliphatic carboxylic acids is 1. The van der Waals surface area contributed by atoms with Crippen molar-refractivity contribution in [3.63, 3.8) is 0 Å². The molecule has 2 bridgehead atoms. The minimum Gasteiger partial charge on any atom is -0.481 e. The smallest absolute Gasteiger partial charge is 0.310 e. The molecule has 2 aliphatic rings. The molecule has 4 atom stereocenters. The van der Waals surface area contributed by atoms with Crippen LogP contribution in [-0.2, 0) is 20.7 Å². The second kappa shape index (κ2) is 5.33. The maximum atomic E-state index is 12.4. The highest BCUT2D eigenvalue weighted by atomic mass is 16.5. The van der Waals surface area contributed by atoms with Crippen molar-refractivity contribution in [3.8, 4) is 0 Å². The molecular formula is C16H17NO4. The van der Waals surface area contributed by atoms with Crippen LogP contribution in [0.15, 0.2) is 36.4 Å². The third-order valence-corrected chi connectivity index (χ3v) is 4.12. The van der Waals surface area contributed by atoms with Gasteiger partial charge in [0.05, 0.1) is 18.1 Å². The molecule has 0 radical (unpaired) electrons. The second-order valence-corrected chi connectivity index (χ2v) is 5.38. The summed E-state index contributed by atoms with van der Waals surface area (Å²) >= 11 is 0. The van der Waals surface area contributed by atoms with Crippen LogP contribution in [0.2, 0.25) is 0 Å². The maximum Gasteiger partial charge on any atom is 0.310 e. The zero-order valence-corrected chi connectivity index (χ0v) is 11.7. The Labute approximate surface area is 122 Å². The fourth-order valence-electron chi connectivity index (χ4n) is 2.96. The number of nitrogens with one attached hydrogen (secondary N) is 1. The molecule has 3 rings (SSSR count). The van der Waals surface area contributed by atoms with E-state index in [0.29, 0.717) is 5.69 Å². The topological polar surface area (TPSA) is 75.6 Å². The van der Waals surface area contributed by atoms with Crippen molar-refractivity contribution in [1.29, 1.82) is 0 Å². The van der Waals surface area contributed by atoms with Crippen LogP contribution in [0.5, 0.6) is 0 Å². The summed E-state index contributed by atoms with van der Waals surface area (Å²) in [7, 11) is 0. The highest BCUT2D eigenvalue weighted by molar-refractivity contribution is 5.96. The van der Waals surface area contributed by atoms with Crippen LogP contribution in [0, 0.1) is 11.8 Å². The standard InChI is InChI=1S/C16H17NO4/c1-2-9-3-5-10(6-4-9)17-15(18)13-11-7-8-12(21-11)14(13)16(19)20/h3-8,11-14H,2H2,1H3,(H,17,18)(H,19,20)/t11-,12-,13+,14-/m1/s1. The first kappa shape index (κ1) is 13.8. The molecule has 0 spiro atoms. The minimum absolute atomic E-state index is 0.302. The van der Waals surface area contributed by atoms with E-state index in [2.05, 4.69) is 12.2 Å². The van der Waals surface area contributed by atoms with Crippen LogP contribution in [-0.4, -0.2) is 29.2 Å². The average Bonchev–Trinajstić information content (AvgIpc) is 3.08. The summed E-state index contributed by atoms with van der Waals surface area (Å²) in [6, 6.07) is 7.55. The van der Waals surface area contributed by atoms with Gasteiger partial charge in [-0.15, -0.1) is 0 Å². The van der Waals surface area contributed by atoms with Crippen molar-refractivity contribution in [2.45, 2.75) is 25.6 Å². The van der Waals surface area contributed by atoms with Gasteiger partial charge < -0.3 is 15.2 Å². The summed E-state index contributed by atoms with van der Waals surface area (Å²) in [6.07, 6.45) is 3.50. The van der Waals surface area contributed by atoms with Gasteiger partial charge in [0.1, 0.15) is 5.92 Å². The van der Waals surface area contributed by atoms with Crippen LogP contribution >= 0.6 is 0 Å². The van der Waals surface area contributed by atoms with E-state index in [4.69, 9.17) is 4.74 Å². The zero-order chi connectivity index (χ0) is 15.0. The van der Waals surface area contributed by atoms with E-state index < -0.39 is 30.0 Å². The number of fused-ring (bicyclic) bond motifs is 2. The molecule has 0 saturated carbocycles. The highest BCUT2D eigenvalue weighted by Gasteiger charge is 2.53. The van der Waals surface area contributed by atoms with Crippen LogP contribution < -0.4 is 5.32 Å². The van der Waals surface area contributed by atoms with Gasteiger partial charge in [0, 0.05) is 5.69 Å². The molecule has 1 amide bonds. The Morgan fingerprint density at radius 3 is 2.33 bits per heavy atom.